The molecule has 4 heteroatoms. The molecule has 0 unspecified atom stereocenters. The molecule has 0 radical (unpaired) electrons. The number of ether oxygens (including phenoxy) is 1. The van der Waals surface area contributed by atoms with Crippen molar-refractivity contribution in [1.29, 1.82) is 0 Å². The van der Waals surface area contributed by atoms with Crippen LogP contribution in [0.2, 0.25) is 0 Å². The van der Waals surface area contributed by atoms with Gasteiger partial charge in [0.1, 0.15) is 11.6 Å². The van der Waals surface area contributed by atoms with Gasteiger partial charge in [-0.25, -0.2) is 8.78 Å². The van der Waals surface area contributed by atoms with Crippen LogP contribution in [0.1, 0.15) is 17.9 Å². The van der Waals surface area contributed by atoms with Crippen molar-refractivity contribution in [3.8, 4) is 0 Å². The number of hydrogen-bond donors (Lipinski definition) is 0. The molecular weight excluding hydrogens is 202 g/mol. The molecule has 0 bridgehead atoms. The van der Waals surface area contributed by atoms with Gasteiger partial charge >= 0.3 is 5.97 Å². The van der Waals surface area contributed by atoms with Crippen LogP contribution in [0.25, 0.3) is 0 Å². The molecule has 2 nitrogen and oxygen atoms in total. The molecule has 80 valence electrons. The Morgan fingerprint density at radius 1 is 1.47 bits per heavy atom. The third kappa shape index (κ3) is 1.84. The van der Waals surface area contributed by atoms with Gasteiger partial charge in [0.25, 0.3) is 0 Å². The molecule has 0 heterocycles. The summed E-state index contributed by atoms with van der Waals surface area (Å²) in [5, 5.41) is 0. The highest BCUT2D eigenvalue weighted by Gasteiger charge is 2.46. The molecule has 0 amide bonds. The number of carbonyl (C=O) groups is 1. The lowest BCUT2D eigenvalue weighted by Gasteiger charge is -2.01. The smallest absolute Gasteiger partial charge is 0.309 e. The van der Waals surface area contributed by atoms with E-state index >= 15 is 0 Å². The van der Waals surface area contributed by atoms with Crippen molar-refractivity contribution in [3.63, 3.8) is 0 Å². The van der Waals surface area contributed by atoms with Crippen LogP contribution in [0, 0.1) is 17.6 Å². The topological polar surface area (TPSA) is 26.3 Å². The van der Waals surface area contributed by atoms with E-state index in [1.807, 2.05) is 0 Å². The molecule has 0 aromatic heterocycles. The Morgan fingerprint density at radius 2 is 2.20 bits per heavy atom. The minimum atomic E-state index is -0.605. The third-order valence-electron chi connectivity index (χ3n) is 2.66. The highest BCUT2D eigenvalue weighted by atomic mass is 19.1. The molecule has 1 fully saturated rings. The molecule has 2 atom stereocenters. The Kier molecular flexibility index (Phi) is 2.42. The van der Waals surface area contributed by atoms with Crippen molar-refractivity contribution >= 4 is 5.97 Å². The molecule has 2 rings (SSSR count). The van der Waals surface area contributed by atoms with E-state index in [-0.39, 0.29) is 17.8 Å². The summed E-state index contributed by atoms with van der Waals surface area (Å²) in [6, 6.07) is 3.42. The number of halogens is 2. The molecule has 1 aromatic carbocycles. The summed E-state index contributed by atoms with van der Waals surface area (Å²) in [6.07, 6.45) is 0.579. The van der Waals surface area contributed by atoms with Gasteiger partial charge in [0, 0.05) is 12.0 Å². The van der Waals surface area contributed by atoms with Gasteiger partial charge in [-0.2, -0.15) is 0 Å². The molecule has 0 saturated heterocycles. The second kappa shape index (κ2) is 3.61. The van der Waals surface area contributed by atoms with Crippen molar-refractivity contribution < 1.29 is 18.3 Å². The van der Waals surface area contributed by atoms with Gasteiger partial charge in [-0.1, -0.05) is 6.07 Å². The summed E-state index contributed by atoms with van der Waals surface area (Å²) >= 11 is 0. The van der Waals surface area contributed by atoms with Crippen molar-refractivity contribution in [2.24, 2.45) is 5.92 Å². The zero-order valence-electron chi connectivity index (χ0n) is 8.17. The van der Waals surface area contributed by atoms with E-state index in [4.69, 9.17) is 0 Å². The van der Waals surface area contributed by atoms with Crippen molar-refractivity contribution in [2.75, 3.05) is 7.11 Å². The zero-order valence-corrected chi connectivity index (χ0v) is 8.17. The maximum atomic E-state index is 13.3. The van der Waals surface area contributed by atoms with E-state index in [1.165, 1.54) is 19.2 Å². The molecule has 1 aliphatic rings. The van der Waals surface area contributed by atoms with Gasteiger partial charge in [-0.15, -0.1) is 0 Å². The Hall–Kier alpha value is -1.45. The SMILES string of the molecule is COC(=O)[C@H]1C[C@@H]1c1ccc(F)cc1F. The second-order valence-electron chi connectivity index (χ2n) is 3.64. The van der Waals surface area contributed by atoms with Gasteiger partial charge in [-0.3, -0.25) is 4.79 Å². The van der Waals surface area contributed by atoms with E-state index in [9.17, 15) is 13.6 Å². The number of rotatable bonds is 2. The Bertz CT molecular complexity index is 404. The summed E-state index contributed by atoms with van der Waals surface area (Å²) in [4.78, 5) is 11.1. The third-order valence-corrected chi connectivity index (χ3v) is 2.66. The van der Waals surface area contributed by atoms with Gasteiger partial charge in [0.05, 0.1) is 13.0 Å². The predicted octanol–water partition coefficient (Wildman–Crippen LogP) is 2.24. The molecule has 1 saturated carbocycles. The Morgan fingerprint density at radius 3 is 2.80 bits per heavy atom. The first-order valence-corrected chi connectivity index (χ1v) is 4.66. The lowest BCUT2D eigenvalue weighted by molar-refractivity contribution is -0.142. The first-order valence-electron chi connectivity index (χ1n) is 4.66. The molecular formula is C11H10F2O2. The van der Waals surface area contributed by atoms with Gasteiger partial charge in [-0.05, 0) is 18.1 Å². The molecule has 0 aliphatic heterocycles. The lowest BCUT2D eigenvalue weighted by Crippen LogP contribution is -2.04. The minimum Gasteiger partial charge on any atom is -0.469 e. The zero-order chi connectivity index (χ0) is 11.0. The van der Waals surface area contributed by atoms with Crippen LogP contribution in [0.3, 0.4) is 0 Å². The van der Waals surface area contributed by atoms with Crippen molar-refractivity contribution in [1.82, 2.24) is 0 Å². The fraction of sp³-hybridized carbons (Fsp3) is 0.364. The summed E-state index contributed by atoms with van der Waals surface area (Å²) in [7, 11) is 1.30. The average molecular weight is 212 g/mol. The fourth-order valence-corrected chi connectivity index (χ4v) is 1.75. The normalized spacial score (nSPS) is 23.7. The van der Waals surface area contributed by atoms with Gasteiger partial charge < -0.3 is 4.74 Å². The second-order valence-corrected chi connectivity index (χ2v) is 3.64. The van der Waals surface area contributed by atoms with Crippen molar-refractivity contribution in [3.05, 3.63) is 35.4 Å². The Balaban J connectivity index is 2.16. The maximum Gasteiger partial charge on any atom is 0.309 e. The van der Waals surface area contributed by atoms with Gasteiger partial charge in [0.15, 0.2) is 0 Å². The number of esters is 1. The molecule has 15 heavy (non-hydrogen) atoms. The standard InChI is InChI=1S/C11H10F2O2/c1-15-11(14)9-5-8(9)7-3-2-6(12)4-10(7)13/h2-4,8-9H,5H2,1H3/t8-,9+/m1/s1. The maximum absolute atomic E-state index is 13.3. The quantitative estimate of drug-likeness (QED) is 0.703. The van der Waals surface area contributed by atoms with E-state index in [0.717, 1.165) is 6.07 Å². The van der Waals surface area contributed by atoms with Crippen LogP contribution in [-0.2, 0) is 9.53 Å². The van der Waals surface area contributed by atoms with Crippen LogP contribution < -0.4 is 0 Å². The number of carbonyl (C=O) groups excluding carboxylic acids is 1. The molecule has 0 N–H and O–H groups in total. The highest BCUT2D eigenvalue weighted by Crippen LogP contribution is 2.48. The van der Waals surface area contributed by atoms with Crippen LogP contribution in [-0.4, -0.2) is 13.1 Å². The number of benzene rings is 1. The van der Waals surface area contributed by atoms with Crippen molar-refractivity contribution in [2.45, 2.75) is 12.3 Å². The Labute approximate surface area is 85.9 Å². The molecule has 1 aromatic rings. The summed E-state index contributed by atoms with van der Waals surface area (Å²) in [6.45, 7) is 0. The number of hydrogen-bond acceptors (Lipinski definition) is 2. The molecule has 0 spiro atoms. The van der Waals surface area contributed by atoms with E-state index < -0.39 is 11.6 Å². The van der Waals surface area contributed by atoms with Crippen LogP contribution >= 0.6 is 0 Å². The van der Waals surface area contributed by atoms with Crippen LogP contribution in [0.15, 0.2) is 18.2 Å². The summed E-state index contributed by atoms with van der Waals surface area (Å²) in [5.41, 5.74) is 0.395. The summed E-state index contributed by atoms with van der Waals surface area (Å²) in [5.74, 6) is -1.95. The highest BCUT2D eigenvalue weighted by molar-refractivity contribution is 5.77. The van der Waals surface area contributed by atoms with E-state index in [1.54, 1.807) is 0 Å². The largest absolute Gasteiger partial charge is 0.469 e. The van der Waals surface area contributed by atoms with Crippen LogP contribution in [0.5, 0.6) is 0 Å². The first-order chi connectivity index (χ1) is 7.13. The predicted molar refractivity (Wildman–Crippen MR) is 49.2 cm³/mol. The summed E-state index contributed by atoms with van der Waals surface area (Å²) < 4.78 is 30.5. The minimum absolute atomic E-state index is 0.155. The molecule has 1 aliphatic carbocycles. The fourth-order valence-electron chi connectivity index (χ4n) is 1.75. The monoisotopic (exact) mass is 212 g/mol. The van der Waals surface area contributed by atoms with Crippen LogP contribution in [0.4, 0.5) is 8.78 Å². The number of methoxy groups -OCH3 is 1. The van der Waals surface area contributed by atoms with E-state index in [0.29, 0.717) is 12.0 Å². The average Bonchev–Trinajstić information content (AvgIpc) is 2.96. The van der Waals surface area contributed by atoms with E-state index in [2.05, 4.69) is 4.74 Å². The van der Waals surface area contributed by atoms with Gasteiger partial charge in [0.2, 0.25) is 0 Å². The first kappa shape index (κ1) is 10.1. The lowest BCUT2D eigenvalue weighted by atomic mass is 10.1.